The van der Waals surface area contributed by atoms with Gasteiger partial charge in [0, 0.05) is 6.42 Å². The lowest BCUT2D eigenvalue weighted by Gasteiger charge is -2.04. The maximum absolute atomic E-state index is 12.8. The molecule has 3 nitrogen and oxygen atoms in total. The van der Waals surface area contributed by atoms with E-state index in [9.17, 15) is 9.18 Å². The van der Waals surface area contributed by atoms with Crippen molar-refractivity contribution in [2.45, 2.75) is 58.3 Å². The van der Waals surface area contributed by atoms with E-state index in [0.717, 1.165) is 12.8 Å². The second kappa shape index (κ2) is 9.48. The Morgan fingerprint density at radius 3 is 2.53 bits per heavy atom. The van der Waals surface area contributed by atoms with E-state index < -0.39 is 5.95 Å². The van der Waals surface area contributed by atoms with Crippen LogP contribution in [-0.4, -0.2) is 10.9 Å². The fourth-order valence-electron chi connectivity index (χ4n) is 1.93. The molecule has 0 radical (unpaired) electrons. The van der Waals surface area contributed by atoms with Gasteiger partial charge in [-0.2, -0.15) is 4.39 Å². The van der Waals surface area contributed by atoms with E-state index in [-0.39, 0.29) is 11.7 Å². The summed E-state index contributed by atoms with van der Waals surface area (Å²) in [6, 6.07) is 4.38. The normalized spacial score (nSPS) is 10.4. The highest BCUT2D eigenvalue weighted by Gasteiger charge is 2.03. The number of nitrogens with one attached hydrogen (secondary N) is 1. The Hall–Kier alpha value is -1.45. The van der Waals surface area contributed by atoms with Gasteiger partial charge in [0.2, 0.25) is 11.9 Å². The van der Waals surface area contributed by atoms with Gasteiger partial charge < -0.3 is 5.32 Å². The minimum absolute atomic E-state index is 0.0911. The first-order valence-electron chi connectivity index (χ1n) is 7.14. The molecule has 0 atom stereocenters. The third-order valence-corrected chi connectivity index (χ3v) is 2.99. The molecule has 0 aromatic carbocycles. The molecular weight excluding hydrogens is 243 g/mol. The molecule has 1 amide bonds. The average molecular weight is 266 g/mol. The molecular formula is C15H23FN2O. The Balaban J connectivity index is 2.08. The van der Waals surface area contributed by atoms with E-state index in [4.69, 9.17) is 0 Å². The molecule has 0 saturated carbocycles. The zero-order chi connectivity index (χ0) is 13.9. The molecule has 1 N–H and O–H groups in total. The average Bonchev–Trinajstić information content (AvgIpc) is 2.37. The van der Waals surface area contributed by atoms with E-state index >= 15 is 0 Å². The number of anilines is 1. The van der Waals surface area contributed by atoms with Gasteiger partial charge in [-0.1, -0.05) is 51.5 Å². The summed E-state index contributed by atoms with van der Waals surface area (Å²) in [5.74, 6) is -0.381. The number of aromatic nitrogens is 1. The third-order valence-electron chi connectivity index (χ3n) is 2.99. The summed E-state index contributed by atoms with van der Waals surface area (Å²) in [7, 11) is 0. The topological polar surface area (TPSA) is 42.0 Å². The summed E-state index contributed by atoms with van der Waals surface area (Å²) in [6.45, 7) is 2.20. The quantitative estimate of drug-likeness (QED) is 0.535. The summed E-state index contributed by atoms with van der Waals surface area (Å²) in [5, 5.41) is 2.60. The number of rotatable bonds is 9. The summed E-state index contributed by atoms with van der Waals surface area (Å²) in [6.07, 6.45) is 8.71. The smallest absolute Gasteiger partial charge is 0.225 e. The monoisotopic (exact) mass is 266 g/mol. The van der Waals surface area contributed by atoms with E-state index in [1.54, 1.807) is 6.07 Å². The zero-order valence-electron chi connectivity index (χ0n) is 11.6. The summed E-state index contributed by atoms with van der Waals surface area (Å²) < 4.78 is 12.8. The van der Waals surface area contributed by atoms with Crippen molar-refractivity contribution in [1.29, 1.82) is 0 Å². The van der Waals surface area contributed by atoms with Crippen LogP contribution in [0.5, 0.6) is 0 Å². The van der Waals surface area contributed by atoms with Crippen LogP contribution < -0.4 is 5.32 Å². The van der Waals surface area contributed by atoms with Gasteiger partial charge in [0.15, 0.2) is 0 Å². The second-order valence-corrected chi connectivity index (χ2v) is 4.77. The SMILES string of the molecule is CCCCCCCCCC(=O)Nc1cccc(F)n1. The van der Waals surface area contributed by atoms with Crippen LogP contribution in [0.2, 0.25) is 0 Å². The van der Waals surface area contributed by atoms with Crippen LogP contribution in [0.4, 0.5) is 10.2 Å². The molecule has 1 aromatic heterocycles. The van der Waals surface area contributed by atoms with Crippen molar-refractivity contribution in [2.24, 2.45) is 0 Å². The third kappa shape index (κ3) is 7.54. The molecule has 0 aliphatic carbocycles. The Bertz CT molecular complexity index is 382. The Labute approximate surface area is 114 Å². The summed E-state index contributed by atoms with van der Waals surface area (Å²) in [4.78, 5) is 15.2. The Morgan fingerprint density at radius 1 is 1.16 bits per heavy atom. The fourth-order valence-corrected chi connectivity index (χ4v) is 1.93. The molecule has 1 heterocycles. The standard InChI is InChI=1S/C15H23FN2O/c1-2-3-4-5-6-7-8-12-15(19)18-14-11-9-10-13(16)17-14/h9-11H,2-8,12H2,1H3,(H,17,18,19). The zero-order valence-corrected chi connectivity index (χ0v) is 11.6. The van der Waals surface area contributed by atoms with Crippen molar-refractivity contribution < 1.29 is 9.18 Å². The number of pyridine rings is 1. The number of amides is 1. The molecule has 0 aliphatic rings. The fraction of sp³-hybridized carbons (Fsp3) is 0.600. The molecule has 0 fully saturated rings. The predicted molar refractivity (Wildman–Crippen MR) is 75.4 cm³/mol. The van der Waals surface area contributed by atoms with Crippen molar-refractivity contribution in [3.63, 3.8) is 0 Å². The maximum atomic E-state index is 12.8. The van der Waals surface area contributed by atoms with Crippen LogP contribution in [0.1, 0.15) is 58.3 Å². The summed E-state index contributed by atoms with van der Waals surface area (Å²) >= 11 is 0. The Morgan fingerprint density at radius 2 is 1.84 bits per heavy atom. The predicted octanol–water partition coefficient (Wildman–Crippen LogP) is 4.30. The van der Waals surface area contributed by atoms with E-state index in [0.29, 0.717) is 6.42 Å². The molecule has 0 spiro atoms. The first kappa shape index (κ1) is 15.6. The summed E-state index contributed by atoms with van der Waals surface area (Å²) in [5.41, 5.74) is 0. The lowest BCUT2D eigenvalue weighted by molar-refractivity contribution is -0.116. The number of hydrogen-bond acceptors (Lipinski definition) is 2. The van der Waals surface area contributed by atoms with Crippen molar-refractivity contribution in [3.05, 3.63) is 24.1 Å². The molecule has 0 saturated heterocycles. The van der Waals surface area contributed by atoms with Crippen LogP contribution in [0.25, 0.3) is 0 Å². The molecule has 106 valence electrons. The second-order valence-electron chi connectivity index (χ2n) is 4.77. The molecule has 0 unspecified atom stereocenters. The molecule has 4 heteroatoms. The molecule has 0 aliphatic heterocycles. The number of carbonyl (C=O) groups excluding carboxylic acids is 1. The van der Waals surface area contributed by atoms with Gasteiger partial charge in [0.1, 0.15) is 5.82 Å². The molecule has 1 rings (SSSR count). The van der Waals surface area contributed by atoms with Gasteiger partial charge in [-0.3, -0.25) is 4.79 Å². The van der Waals surface area contributed by atoms with E-state index in [2.05, 4.69) is 17.2 Å². The highest BCUT2D eigenvalue weighted by atomic mass is 19.1. The highest BCUT2D eigenvalue weighted by molar-refractivity contribution is 5.89. The van der Waals surface area contributed by atoms with Gasteiger partial charge in [0.25, 0.3) is 0 Å². The van der Waals surface area contributed by atoms with Gasteiger partial charge in [0.05, 0.1) is 0 Å². The van der Waals surface area contributed by atoms with Crippen molar-refractivity contribution in [1.82, 2.24) is 4.98 Å². The first-order valence-corrected chi connectivity index (χ1v) is 7.14. The highest BCUT2D eigenvalue weighted by Crippen LogP contribution is 2.09. The van der Waals surface area contributed by atoms with E-state index in [1.165, 1.54) is 44.2 Å². The number of nitrogens with zero attached hydrogens (tertiary/aromatic N) is 1. The van der Waals surface area contributed by atoms with Crippen LogP contribution >= 0.6 is 0 Å². The van der Waals surface area contributed by atoms with Gasteiger partial charge in [-0.15, -0.1) is 0 Å². The number of hydrogen-bond donors (Lipinski definition) is 1. The van der Waals surface area contributed by atoms with Gasteiger partial charge in [-0.05, 0) is 18.6 Å². The van der Waals surface area contributed by atoms with Crippen molar-refractivity contribution in [3.8, 4) is 0 Å². The first-order chi connectivity index (χ1) is 9.22. The van der Waals surface area contributed by atoms with Crippen molar-refractivity contribution >= 4 is 11.7 Å². The van der Waals surface area contributed by atoms with Crippen molar-refractivity contribution in [2.75, 3.05) is 5.32 Å². The molecule has 19 heavy (non-hydrogen) atoms. The van der Waals surface area contributed by atoms with Crippen LogP contribution in [0, 0.1) is 5.95 Å². The minimum atomic E-state index is -0.575. The van der Waals surface area contributed by atoms with Gasteiger partial charge in [-0.25, -0.2) is 4.98 Å². The lowest BCUT2D eigenvalue weighted by atomic mass is 10.1. The number of carbonyl (C=O) groups is 1. The molecule has 1 aromatic rings. The van der Waals surface area contributed by atoms with Gasteiger partial charge >= 0.3 is 0 Å². The van der Waals surface area contributed by atoms with Crippen LogP contribution in [-0.2, 0) is 4.79 Å². The van der Waals surface area contributed by atoms with E-state index in [1.807, 2.05) is 0 Å². The largest absolute Gasteiger partial charge is 0.311 e. The van der Waals surface area contributed by atoms with Crippen LogP contribution in [0.15, 0.2) is 18.2 Å². The number of unbranched alkanes of at least 4 members (excludes halogenated alkanes) is 6. The lowest BCUT2D eigenvalue weighted by Crippen LogP contribution is -2.12. The maximum Gasteiger partial charge on any atom is 0.225 e. The minimum Gasteiger partial charge on any atom is -0.311 e. The Kier molecular flexibility index (Phi) is 7.78. The molecule has 0 bridgehead atoms. The van der Waals surface area contributed by atoms with Crippen LogP contribution in [0.3, 0.4) is 0 Å². The number of halogens is 1.